The maximum atomic E-state index is 12.2. The number of ether oxygens (including phenoxy) is 3. The molecule has 3 aromatic rings. The third-order valence-corrected chi connectivity index (χ3v) is 4.69. The first kappa shape index (κ1) is 24.3. The van der Waals surface area contributed by atoms with Gasteiger partial charge < -0.3 is 19.5 Å². The normalized spacial score (nSPS) is 10.6. The number of hydrogen-bond donors (Lipinski definition) is 2. The summed E-state index contributed by atoms with van der Waals surface area (Å²) >= 11 is 0. The highest BCUT2D eigenvalue weighted by Gasteiger charge is 2.10. The largest absolute Gasteiger partial charge is 0.497 e. The van der Waals surface area contributed by atoms with Crippen LogP contribution in [-0.2, 0) is 4.79 Å². The van der Waals surface area contributed by atoms with Crippen LogP contribution in [0, 0.1) is 6.92 Å². The Labute approximate surface area is 198 Å². The van der Waals surface area contributed by atoms with Crippen LogP contribution in [0.4, 0.5) is 5.69 Å². The number of rotatable bonds is 10. The highest BCUT2D eigenvalue weighted by atomic mass is 16.5. The molecule has 2 N–H and O–H groups in total. The van der Waals surface area contributed by atoms with Crippen molar-refractivity contribution in [3.63, 3.8) is 0 Å². The van der Waals surface area contributed by atoms with Crippen molar-refractivity contribution in [1.29, 1.82) is 0 Å². The Kier molecular flexibility index (Phi) is 8.62. The Morgan fingerprint density at radius 3 is 2.35 bits per heavy atom. The number of hydrogen-bond acceptors (Lipinski definition) is 6. The topological polar surface area (TPSA) is 98.3 Å². The van der Waals surface area contributed by atoms with Gasteiger partial charge >= 0.3 is 0 Å². The lowest BCUT2D eigenvalue weighted by Gasteiger charge is -2.13. The standard InChI is InChI=1S/C26H27N3O5/c1-4-33-24-15-19(16-27-29-26(31)20-8-5-18(2)6-9-20)7-14-23(24)34-17-25(30)28-21-10-12-22(32-3)13-11-21/h5-16H,4,17H2,1-3H3,(H,28,30)(H,29,31). The van der Waals surface area contributed by atoms with E-state index in [2.05, 4.69) is 15.8 Å². The first-order valence-electron chi connectivity index (χ1n) is 10.7. The minimum atomic E-state index is -0.308. The predicted octanol–water partition coefficient (Wildman–Crippen LogP) is 4.18. The Morgan fingerprint density at radius 1 is 0.941 bits per heavy atom. The summed E-state index contributed by atoms with van der Waals surface area (Å²) in [5.74, 6) is 0.983. The highest BCUT2D eigenvalue weighted by Crippen LogP contribution is 2.28. The van der Waals surface area contributed by atoms with Gasteiger partial charge in [0.25, 0.3) is 11.8 Å². The number of amides is 2. The van der Waals surface area contributed by atoms with E-state index in [1.54, 1.807) is 61.7 Å². The average molecular weight is 462 g/mol. The van der Waals surface area contributed by atoms with Gasteiger partial charge in [-0.3, -0.25) is 9.59 Å². The van der Waals surface area contributed by atoms with E-state index >= 15 is 0 Å². The molecule has 0 radical (unpaired) electrons. The molecule has 0 unspecified atom stereocenters. The van der Waals surface area contributed by atoms with Gasteiger partial charge in [0.1, 0.15) is 5.75 Å². The molecule has 0 bridgehead atoms. The zero-order valence-electron chi connectivity index (χ0n) is 19.3. The van der Waals surface area contributed by atoms with Gasteiger partial charge in [-0.25, -0.2) is 5.43 Å². The van der Waals surface area contributed by atoms with Crippen molar-refractivity contribution >= 4 is 23.7 Å². The van der Waals surface area contributed by atoms with Crippen molar-refractivity contribution in [2.24, 2.45) is 5.10 Å². The monoisotopic (exact) mass is 461 g/mol. The molecule has 3 aromatic carbocycles. The van der Waals surface area contributed by atoms with Gasteiger partial charge in [0.05, 0.1) is 19.9 Å². The van der Waals surface area contributed by atoms with Crippen LogP contribution in [0.2, 0.25) is 0 Å². The van der Waals surface area contributed by atoms with Crippen molar-refractivity contribution in [3.05, 3.63) is 83.4 Å². The van der Waals surface area contributed by atoms with Crippen LogP contribution in [0.3, 0.4) is 0 Å². The quantitative estimate of drug-likeness (QED) is 0.349. The van der Waals surface area contributed by atoms with Gasteiger partial charge in [-0.2, -0.15) is 5.10 Å². The molecule has 0 aromatic heterocycles. The summed E-state index contributed by atoms with van der Waals surface area (Å²) in [7, 11) is 1.58. The second kappa shape index (κ2) is 12.1. The lowest BCUT2D eigenvalue weighted by atomic mass is 10.1. The Bertz CT molecular complexity index is 1140. The minimum Gasteiger partial charge on any atom is -0.497 e. The molecule has 0 atom stereocenters. The van der Waals surface area contributed by atoms with E-state index in [4.69, 9.17) is 14.2 Å². The van der Waals surface area contributed by atoms with Crippen molar-refractivity contribution in [2.45, 2.75) is 13.8 Å². The fraction of sp³-hybridized carbons (Fsp3) is 0.192. The van der Waals surface area contributed by atoms with E-state index in [1.807, 2.05) is 26.0 Å². The second-order valence-corrected chi connectivity index (χ2v) is 7.27. The summed E-state index contributed by atoms with van der Waals surface area (Å²) in [5.41, 5.74) is 5.43. The lowest BCUT2D eigenvalue weighted by molar-refractivity contribution is -0.118. The van der Waals surface area contributed by atoms with Crippen molar-refractivity contribution in [2.75, 3.05) is 25.6 Å². The van der Waals surface area contributed by atoms with Gasteiger partial charge in [-0.1, -0.05) is 17.7 Å². The van der Waals surface area contributed by atoms with E-state index in [0.717, 1.165) is 5.56 Å². The fourth-order valence-electron chi connectivity index (χ4n) is 2.94. The molecule has 34 heavy (non-hydrogen) atoms. The summed E-state index contributed by atoms with van der Waals surface area (Å²) in [6, 6.07) is 19.4. The van der Waals surface area contributed by atoms with E-state index in [0.29, 0.717) is 40.7 Å². The van der Waals surface area contributed by atoms with Crippen molar-refractivity contribution < 1.29 is 23.8 Å². The third-order valence-electron chi connectivity index (χ3n) is 4.69. The molecule has 0 spiro atoms. The fourth-order valence-corrected chi connectivity index (χ4v) is 2.94. The first-order chi connectivity index (χ1) is 16.5. The van der Waals surface area contributed by atoms with E-state index in [-0.39, 0.29) is 18.4 Å². The minimum absolute atomic E-state index is 0.188. The molecule has 3 rings (SSSR count). The summed E-state index contributed by atoms with van der Waals surface area (Å²) in [4.78, 5) is 24.4. The predicted molar refractivity (Wildman–Crippen MR) is 131 cm³/mol. The Balaban J connectivity index is 1.58. The molecule has 8 nitrogen and oxygen atoms in total. The van der Waals surface area contributed by atoms with E-state index in [9.17, 15) is 9.59 Å². The second-order valence-electron chi connectivity index (χ2n) is 7.27. The summed E-state index contributed by atoms with van der Waals surface area (Å²) in [6.07, 6.45) is 1.51. The number of carbonyl (C=O) groups is 2. The molecule has 8 heteroatoms. The van der Waals surface area contributed by atoms with Crippen LogP contribution >= 0.6 is 0 Å². The number of nitrogens with zero attached hydrogens (tertiary/aromatic N) is 1. The Hall–Kier alpha value is -4.33. The van der Waals surface area contributed by atoms with Crippen LogP contribution in [-0.4, -0.2) is 38.4 Å². The maximum Gasteiger partial charge on any atom is 0.271 e. The number of anilines is 1. The number of nitrogens with one attached hydrogen (secondary N) is 2. The van der Waals surface area contributed by atoms with Crippen molar-refractivity contribution in [1.82, 2.24) is 5.43 Å². The third kappa shape index (κ3) is 7.09. The van der Waals surface area contributed by atoms with Crippen LogP contribution in [0.5, 0.6) is 17.2 Å². The van der Waals surface area contributed by atoms with Gasteiger partial charge in [-0.15, -0.1) is 0 Å². The molecule has 176 valence electrons. The van der Waals surface area contributed by atoms with Crippen LogP contribution in [0.25, 0.3) is 0 Å². The van der Waals surface area contributed by atoms with Gasteiger partial charge in [0.2, 0.25) is 0 Å². The van der Waals surface area contributed by atoms with E-state index in [1.165, 1.54) is 6.21 Å². The molecule has 0 saturated carbocycles. The molecule has 0 aliphatic rings. The van der Waals surface area contributed by atoms with Gasteiger partial charge in [0.15, 0.2) is 18.1 Å². The molecular weight excluding hydrogens is 434 g/mol. The molecular formula is C26H27N3O5. The SMILES string of the molecule is CCOc1cc(C=NNC(=O)c2ccc(C)cc2)ccc1OCC(=O)Nc1ccc(OC)cc1. The number of hydrazone groups is 1. The molecule has 0 aliphatic heterocycles. The molecule has 2 amide bonds. The van der Waals surface area contributed by atoms with Gasteiger partial charge in [0, 0.05) is 11.3 Å². The summed E-state index contributed by atoms with van der Waals surface area (Å²) in [5, 5.41) is 6.77. The molecule has 0 heterocycles. The number of aryl methyl sites for hydroxylation is 1. The first-order valence-corrected chi connectivity index (χ1v) is 10.7. The summed E-state index contributed by atoms with van der Waals surface area (Å²) < 4.78 is 16.4. The number of carbonyl (C=O) groups excluding carboxylic acids is 2. The van der Waals surface area contributed by atoms with Crippen LogP contribution in [0.1, 0.15) is 28.4 Å². The van der Waals surface area contributed by atoms with Gasteiger partial charge in [-0.05, 0) is 74.0 Å². The van der Waals surface area contributed by atoms with Crippen LogP contribution in [0.15, 0.2) is 71.8 Å². The molecule has 0 aliphatic carbocycles. The molecule has 0 saturated heterocycles. The zero-order valence-corrected chi connectivity index (χ0v) is 19.3. The summed E-state index contributed by atoms with van der Waals surface area (Å²) in [6.45, 7) is 4.03. The number of methoxy groups -OCH3 is 1. The number of benzene rings is 3. The van der Waals surface area contributed by atoms with E-state index < -0.39 is 0 Å². The smallest absolute Gasteiger partial charge is 0.271 e. The lowest BCUT2D eigenvalue weighted by Crippen LogP contribution is -2.20. The van der Waals surface area contributed by atoms with Crippen molar-refractivity contribution in [3.8, 4) is 17.2 Å². The average Bonchev–Trinajstić information content (AvgIpc) is 2.84. The van der Waals surface area contributed by atoms with Crippen LogP contribution < -0.4 is 25.0 Å². The molecule has 0 fully saturated rings. The Morgan fingerprint density at radius 2 is 1.68 bits per heavy atom. The maximum absolute atomic E-state index is 12.2. The highest BCUT2D eigenvalue weighted by molar-refractivity contribution is 5.95. The zero-order chi connectivity index (χ0) is 24.3.